The van der Waals surface area contributed by atoms with Gasteiger partial charge < -0.3 is 19.7 Å². The zero-order chi connectivity index (χ0) is 19.6. The number of aryl methyl sites for hydroxylation is 1. The number of ether oxygens (including phenoxy) is 2. The Morgan fingerprint density at radius 2 is 1.71 bits per heavy atom. The number of carbonyl (C=O) groups excluding carboxylic acids is 1. The van der Waals surface area contributed by atoms with Crippen LogP contribution in [0.5, 0.6) is 5.75 Å². The molecule has 3 rings (SSSR count). The molecule has 5 heteroatoms. The topological polar surface area (TPSA) is 50.8 Å². The summed E-state index contributed by atoms with van der Waals surface area (Å²) in [7, 11) is 0. The fourth-order valence-corrected chi connectivity index (χ4v) is 3.33. The Kier molecular flexibility index (Phi) is 7.73. The standard InChI is InChI=1S/C23H30N2O3/c1-2-28-22-11-7-20(8-12-22)18-23(26)24-13-3-4-19-5-9-21(10-6-19)25-14-16-27-17-15-25/h5-12H,2-4,13-18H2,1H3,(H,24,26). The second kappa shape index (κ2) is 10.7. The van der Waals surface area contributed by atoms with E-state index in [0.29, 0.717) is 19.6 Å². The van der Waals surface area contributed by atoms with Gasteiger partial charge in [-0.2, -0.15) is 0 Å². The molecular weight excluding hydrogens is 352 g/mol. The van der Waals surface area contributed by atoms with Crippen molar-refractivity contribution in [3.05, 3.63) is 59.7 Å². The summed E-state index contributed by atoms with van der Waals surface area (Å²) >= 11 is 0. The minimum atomic E-state index is 0.0619. The third kappa shape index (κ3) is 6.27. The number of amides is 1. The van der Waals surface area contributed by atoms with Gasteiger partial charge in [0.05, 0.1) is 26.2 Å². The number of rotatable bonds is 9. The van der Waals surface area contributed by atoms with Crippen molar-refractivity contribution in [2.45, 2.75) is 26.2 Å². The molecule has 1 saturated heterocycles. The fourth-order valence-electron chi connectivity index (χ4n) is 3.33. The largest absolute Gasteiger partial charge is 0.494 e. The smallest absolute Gasteiger partial charge is 0.224 e. The molecule has 1 fully saturated rings. The number of carbonyl (C=O) groups is 1. The summed E-state index contributed by atoms with van der Waals surface area (Å²) in [4.78, 5) is 14.5. The second-order valence-electron chi connectivity index (χ2n) is 6.97. The molecular formula is C23H30N2O3. The zero-order valence-electron chi connectivity index (χ0n) is 16.7. The Labute approximate surface area is 167 Å². The molecule has 0 radical (unpaired) electrons. The molecule has 1 N–H and O–H groups in total. The first-order valence-electron chi connectivity index (χ1n) is 10.1. The summed E-state index contributed by atoms with van der Waals surface area (Å²) in [5, 5.41) is 3.01. The molecule has 0 unspecified atom stereocenters. The van der Waals surface area contributed by atoms with Gasteiger partial charge in [-0.05, 0) is 55.2 Å². The quantitative estimate of drug-likeness (QED) is 0.677. The van der Waals surface area contributed by atoms with Crippen LogP contribution in [0.3, 0.4) is 0 Å². The SMILES string of the molecule is CCOc1ccc(CC(=O)NCCCc2ccc(N3CCOCC3)cc2)cc1. The number of hydrogen-bond donors (Lipinski definition) is 1. The van der Waals surface area contributed by atoms with Crippen LogP contribution < -0.4 is 15.0 Å². The minimum Gasteiger partial charge on any atom is -0.494 e. The van der Waals surface area contributed by atoms with Gasteiger partial charge in [0.1, 0.15) is 5.75 Å². The number of anilines is 1. The minimum absolute atomic E-state index is 0.0619. The van der Waals surface area contributed by atoms with Crippen molar-refractivity contribution >= 4 is 11.6 Å². The molecule has 0 aliphatic carbocycles. The number of nitrogens with one attached hydrogen (secondary N) is 1. The van der Waals surface area contributed by atoms with Gasteiger partial charge in [0, 0.05) is 25.3 Å². The normalized spacial score (nSPS) is 14.0. The summed E-state index contributed by atoms with van der Waals surface area (Å²) in [6.07, 6.45) is 2.30. The predicted octanol–water partition coefficient (Wildman–Crippen LogP) is 3.21. The lowest BCUT2D eigenvalue weighted by Gasteiger charge is -2.28. The van der Waals surface area contributed by atoms with Crippen LogP contribution in [0.1, 0.15) is 24.5 Å². The van der Waals surface area contributed by atoms with E-state index in [1.807, 2.05) is 31.2 Å². The van der Waals surface area contributed by atoms with Crippen LogP contribution in [-0.2, 0) is 22.4 Å². The number of hydrogen-bond acceptors (Lipinski definition) is 4. The summed E-state index contributed by atoms with van der Waals surface area (Å²) in [5.41, 5.74) is 3.56. The average Bonchev–Trinajstić information content (AvgIpc) is 2.74. The molecule has 1 heterocycles. The van der Waals surface area contributed by atoms with Crippen molar-refractivity contribution in [2.75, 3.05) is 44.4 Å². The van der Waals surface area contributed by atoms with E-state index in [0.717, 1.165) is 50.5 Å². The summed E-state index contributed by atoms with van der Waals surface area (Å²) in [6.45, 7) is 6.83. The van der Waals surface area contributed by atoms with Crippen molar-refractivity contribution in [1.82, 2.24) is 5.32 Å². The molecule has 0 atom stereocenters. The maximum atomic E-state index is 12.1. The highest BCUT2D eigenvalue weighted by atomic mass is 16.5. The maximum absolute atomic E-state index is 12.1. The predicted molar refractivity (Wildman–Crippen MR) is 112 cm³/mol. The summed E-state index contributed by atoms with van der Waals surface area (Å²) in [5.74, 6) is 0.901. The fraction of sp³-hybridized carbons (Fsp3) is 0.435. The average molecular weight is 383 g/mol. The lowest BCUT2D eigenvalue weighted by Crippen LogP contribution is -2.36. The number of morpholine rings is 1. The number of nitrogens with zero attached hydrogens (tertiary/aromatic N) is 1. The highest BCUT2D eigenvalue weighted by Gasteiger charge is 2.10. The Morgan fingerprint density at radius 1 is 1.04 bits per heavy atom. The van der Waals surface area contributed by atoms with Crippen molar-refractivity contribution in [2.24, 2.45) is 0 Å². The van der Waals surface area contributed by atoms with Crippen molar-refractivity contribution in [3.63, 3.8) is 0 Å². The van der Waals surface area contributed by atoms with Gasteiger partial charge in [0.2, 0.25) is 5.91 Å². The molecule has 1 aliphatic rings. The van der Waals surface area contributed by atoms with Gasteiger partial charge in [-0.3, -0.25) is 4.79 Å². The molecule has 1 aliphatic heterocycles. The maximum Gasteiger partial charge on any atom is 0.224 e. The Morgan fingerprint density at radius 3 is 2.39 bits per heavy atom. The van der Waals surface area contributed by atoms with Crippen molar-refractivity contribution in [3.8, 4) is 5.75 Å². The monoisotopic (exact) mass is 382 g/mol. The van der Waals surface area contributed by atoms with Crippen molar-refractivity contribution in [1.29, 1.82) is 0 Å². The van der Waals surface area contributed by atoms with Gasteiger partial charge in [-0.15, -0.1) is 0 Å². The highest BCUT2D eigenvalue weighted by Crippen LogP contribution is 2.17. The summed E-state index contributed by atoms with van der Waals surface area (Å²) < 4.78 is 10.8. The molecule has 150 valence electrons. The molecule has 28 heavy (non-hydrogen) atoms. The first-order valence-corrected chi connectivity index (χ1v) is 10.1. The molecule has 0 bridgehead atoms. The van der Waals surface area contributed by atoms with E-state index >= 15 is 0 Å². The molecule has 5 nitrogen and oxygen atoms in total. The second-order valence-corrected chi connectivity index (χ2v) is 6.97. The third-order valence-corrected chi connectivity index (χ3v) is 4.88. The Balaban J connectivity index is 1.35. The molecule has 1 amide bonds. The van der Waals surface area contributed by atoms with E-state index in [1.165, 1.54) is 11.3 Å². The summed E-state index contributed by atoms with van der Waals surface area (Å²) in [6, 6.07) is 16.5. The van der Waals surface area contributed by atoms with Crippen molar-refractivity contribution < 1.29 is 14.3 Å². The first-order chi connectivity index (χ1) is 13.7. The van der Waals surface area contributed by atoms with Gasteiger partial charge >= 0.3 is 0 Å². The van der Waals surface area contributed by atoms with Gasteiger partial charge in [0.15, 0.2) is 0 Å². The molecule has 2 aromatic carbocycles. The van der Waals surface area contributed by atoms with Crippen LogP contribution in [0.25, 0.3) is 0 Å². The lowest BCUT2D eigenvalue weighted by atomic mass is 10.1. The molecule has 0 saturated carbocycles. The molecule has 0 spiro atoms. The third-order valence-electron chi connectivity index (χ3n) is 4.88. The Bertz CT molecular complexity index is 723. The van der Waals surface area contributed by atoms with Crippen LogP contribution >= 0.6 is 0 Å². The molecule has 2 aromatic rings. The van der Waals surface area contributed by atoms with E-state index in [-0.39, 0.29) is 5.91 Å². The highest BCUT2D eigenvalue weighted by molar-refractivity contribution is 5.78. The van der Waals surface area contributed by atoms with E-state index in [2.05, 4.69) is 34.5 Å². The molecule has 0 aromatic heterocycles. The van der Waals surface area contributed by atoms with E-state index in [9.17, 15) is 4.79 Å². The van der Waals surface area contributed by atoms with E-state index in [1.54, 1.807) is 0 Å². The van der Waals surface area contributed by atoms with Crippen LogP contribution in [0.2, 0.25) is 0 Å². The van der Waals surface area contributed by atoms with Crippen LogP contribution in [0.4, 0.5) is 5.69 Å². The van der Waals surface area contributed by atoms with Crippen LogP contribution in [0, 0.1) is 0 Å². The zero-order valence-corrected chi connectivity index (χ0v) is 16.7. The lowest BCUT2D eigenvalue weighted by molar-refractivity contribution is -0.120. The number of benzene rings is 2. The van der Waals surface area contributed by atoms with Gasteiger partial charge in [0.25, 0.3) is 0 Å². The Hall–Kier alpha value is -2.53. The van der Waals surface area contributed by atoms with E-state index < -0.39 is 0 Å². The van der Waals surface area contributed by atoms with Crippen LogP contribution in [-0.4, -0.2) is 45.4 Å². The van der Waals surface area contributed by atoms with Gasteiger partial charge in [-0.1, -0.05) is 24.3 Å². The van der Waals surface area contributed by atoms with Gasteiger partial charge in [-0.25, -0.2) is 0 Å². The van der Waals surface area contributed by atoms with E-state index in [4.69, 9.17) is 9.47 Å². The first kappa shape index (κ1) is 20.2. The van der Waals surface area contributed by atoms with Crippen LogP contribution in [0.15, 0.2) is 48.5 Å².